The molecule has 0 aromatic heterocycles. The van der Waals surface area contributed by atoms with Gasteiger partial charge in [-0.2, -0.15) is 0 Å². The molecule has 1 atom stereocenters. The number of rotatable bonds is 12. The van der Waals surface area contributed by atoms with Crippen molar-refractivity contribution in [1.82, 2.24) is 4.90 Å². The zero-order valence-electron chi connectivity index (χ0n) is 18.0. The summed E-state index contributed by atoms with van der Waals surface area (Å²) in [6.45, 7) is 7.70. The van der Waals surface area contributed by atoms with Crippen LogP contribution in [-0.2, 0) is 6.61 Å². The van der Waals surface area contributed by atoms with Crippen LogP contribution in [0.3, 0.4) is 0 Å². The monoisotopic (exact) mass is 395 g/mol. The lowest BCUT2D eigenvalue weighted by Gasteiger charge is -2.30. The third-order valence-corrected chi connectivity index (χ3v) is 5.70. The minimum Gasteiger partial charge on any atom is -0.494 e. The zero-order valence-corrected chi connectivity index (χ0v) is 18.0. The van der Waals surface area contributed by atoms with E-state index in [0.29, 0.717) is 6.61 Å². The molecule has 0 bridgehead atoms. The van der Waals surface area contributed by atoms with E-state index in [9.17, 15) is 0 Å². The second-order valence-corrected chi connectivity index (χ2v) is 8.41. The van der Waals surface area contributed by atoms with Crippen LogP contribution in [0, 0.1) is 5.92 Å². The van der Waals surface area contributed by atoms with Crippen molar-refractivity contribution in [3.63, 3.8) is 0 Å². The third-order valence-electron chi connectivity index (χ3n) is 5.70. The molecule has 2 aromatic carbocycles. The molecule has 1 aliphatic rings. The van der Waals surface area contributed by atoms with Gasteiger partial charge in [0.25, 0.3) is 0 Å². The van der Waals surface area contributed by atoms with Gasteiger partial charge in [-0.15, -0.1) is 0 Å². The van der Waals surface area contributed by atoms with Gasteiger partial charge in [0, 0.05) is 6.54 Å². The van der Waals surface area contributed by atoms with Crippen LogP contribution in [0.4, 0.5) is 0 Å². The molecule has 158 valence electrons. The van der Waals surface area contributed by atoms with Gasteiger partial charge in [-0.3, -0.25) is 0 Å². The second kappa shape index (κ2) is 12.5. The SMILES string of the molecule is CC1CCCN(CCCCCCCOc2ccc(OCc3ccccc3)cc2)C1. The average Bonchev–Trinajstić information content (AvgIpc) is 2.76. The molecule has 3 rings (SSSR count). The number of benzene rings is 2. The Morgan fingerprint density at radius 1 is 0.828 bits per heavy atom. The Morgan fingerprint density at radius 3 is 2.28 bits per heavy atom. The summed E-state index contributed by atoms with van der Waals surface area (Å²) in [5.74, 6) is 2.70. The van der Waals surface area contributed by atoms with Crippen LogP contribution in [0.2, 0.25) is 0 Å². The summed E-state index contributed by atoms with van der Waals surface area (Å²) in [6, 6.07) is 18.2. The van der Waals surface area contributed by atoms with Crippen LogP contribution in [0.15, 0.2) is 54.6 Å². The number of unbranched alkanes of at least 4 members (excludes halogenated alkanes) is 4. The largest absolute Gasteiger partial charge is 0.494 e. The summed E-state index contributed by atoms with van der Waals surface area (Å²) in [5.41, 5.74) is 1.18. The summed E-state index contributed by atoms with van der Waals surface area (Å²) in [5, 5.41) is 0. The molecule has 1 fully saturated rings. The number of piperidine rings is 1. The van der Waals surface area contributed by atoms with E-state index < -0.39 is 0 Å². The molecule has 0 radical (unpaired) electrons. The predicted molar refractivity (Wildman–Crippen MR) is 121 cm³/mol. The molecule has 0 N–H and O–H groups in total. The maximum atomic E-state index is 5.87. The molecule has 3 nitrogen and oxygen atoms in total. The van der Waals surface area contributed by atoms with Crippen LogP contribution in [0.25, 0.3) is 0 Å². The molecule has 0 amide bonds. The maximum Gasteiger partial charge on any atom is 0.120 e. The maximum absolute atomic E-state index is 5.87. The molecule has 1 heterocycles. The van der Waals surface area contributed by atoms with Gasteiger partial charge in [0.2, 0.25) is 0 Å². The number of hydrogen-bond donors (Lipinski definition) is 0. The first-order valence-electron chi connectivity index (χ1n) is 11.4. The van der Waals surface area contributed by atoms with Crippen LogP contribution in [-0.4, -0.2) is 31.1 Å². The lowest BCUT2D eigenvalue weighted by atomic mass is 10.00. The van der Waals surface area contributed by atoms with Gasteiger partial charge in [-0.1, -0.05) is 56.5 Å². The molecule has 0 aliphatic carbocycles. The van der Waals surface area contributed by atoms with Crippen molar-refractivity contribution in [3.8, 4) is 11.5 Å². The minimum absolute atomic E-state index is 0.595. The van der Waals surface area contributed by atoms with Crippen LogP contribution >= 0.6 is 0 Å². The lowest BCUT2D eigenvalue weighted by molar-refractivity contribution is 0.180. The summed E-state index contributed by atoms with van der Waals surface area (Å²) in [7, 11) is 0. The quantitative estimate of drug-likeness (QED) is 0.392. The first kappa shape index (κ1) is 21.7. The highest BCUT2D eigenvalue weighted by Gasteiger charge is 2.15. The Morgan fingerprint density at radius 2 is 1.52 bits per heavy atom. The summed E-state index contributed by atoms with van der Waals surface area (Å²) >= 11 is 0. The zero-order chi connectivity index (χ0) is 20.2. The first-order chi connectivity index (χ1) is 14.3. The molecule has 1 saturated heterocycles. The number of nitrogens with zero attached hydrogens (tertiary/aromatic N) is 1. The Hall–Kier alpha value is -2.00. The number of likely N-dealkylation sites (tertiary alicyclic amines) is 1. The fourth-order valence-corrected chi connectivity index (χ4v) is 4.02. The van der Waals surface area contributed by atoms with Crippen molar-refractivity contribution in [1.29, 1.82) is 0 Å². The van der Waals surface area contributed by atoms with E-state index in [1.807, 2.05) is 42.5 Å². The third kappa shape index (κ3) is 8.49. The highest BCUT2D eigenvalue weighted by atomic mass is 16.5. The number of ether oxygens (including phenoxy) is 2. The molecule has 0 saturated carbocycles. The topological polar surface area (TPSA) is 21.7 Å². The van der Waals surface area contributed by atoms with Gasteiger partial charge in [0.15, 0.2) is 0 Å². The van der Waals surface area contributed by atoms with E-state index in [4.69, 9.17) is 9.47 Å². The Kier molecular flexibility index (Phi) is 9.38. The standard InChI is InChI=1S/C26H37NO2/c1-23-11-10-19-27(21-23)18-8-3-2-4-9-20-28-25-14-16-26(17-15-25)29-22-24-12-6-5-7-13-24/h5-7,12-17,23H,2-4,8-11,18-22H2,1H3. The fraction of sp³-hybridized carbons (Fsp3) is 0.538. The van der Waals surface area contributed by atoms with Crippen molar-refractivity contribution in [2.24, 2.45) is 5.92 Å². The van der Waals surface area contributed by atoms with Gasteiger partial charge in [-0.05, 0) is 74.5 Å². The normalized spacial score (nSPS) is 17.2. The molecular weight excluding hydrogens is 358 g/mol. The number of hydrogen-bond acceptors (Lipinski definition) is 3. The van der Waals surface area contributed by atoms with Gasteiger partial charge < -0.3 is 14.4 Å². The van der Waals surface area contributed by atoms with Crippen molar-refractivity contribution in [3.05, 3.63) is 60.2 Å². The molecule has 3 heteroatoms. The van der Waals surface area contributed by atoms with Gasteiger partial charge in [0.1, 0.15) is 18.1 Å². The molecule has 0 spiro atoms. The second-order valence-electron chi connectivity index (χ2n) is 8.41. The molecular formula is C26H37NO2. The van der Waals surface area contributed by atoms with Crippen molar-refractivity contribution in [2.75, 3.05) is 26.2 Å². The van der Waals surface area contributed by atoms with Crippen molar-refractivity contribution >= 4 is 0 Å². The van der Waals surface area contributed by atoms with Gasteiger partial charge in [0.05, 0.1) is 6.61 Å². The summed E-state index contributed by atoms with van der Waals surface area (Å²) in [6.07, 6.45) is 9.20. The Bertz CT molecular complexity index is 671. The smallest absolute Gasteiger partial charge is 0.120 e. The lowest BCUT2D eigenvalue weighted by Crippen LogP contribution is -2.34. The average molecular weight is 396 g/mol. The van der Waals surface area contributed by atoms with Gasteiger partial charge >= 0.3 is 0 Å². The molecule has 1 unspecified atom stereocenters. The van der Waals surface area contributed by atoms with E-state index in [1.54, 1.807) is 0 Å². The first-order valence-corrected chi connectivity index (χ1v) is 11.4. The van der Waals surface area contributed by atoms with E-state index in [1.165, 1.54) is 63.7 Å². The van der Waals surface area contributed by atoms with Crippen LogP contribution in [0.5, 0.6) is 11.5 Å². The fourth-order valence-electron chi connectivity index (χ4n) is 4.02. The summed E-state index contributed by atoms with van der Waals surface area (Å²) in [4.78, 5) is 2.66. The highest BCUT2D eigenvalue weighted by Crippen LogP contribution is 2.19. The van der Waals surface area contributed by atoms with Gasteiger partial charge in [-0.25, -0.2) is 0 Å². The molecule has 29 heavy (non-hydrogen) atoms. The van der Waals surface area contributed by atoms with E-state index in [0.717, 1.165) is 30.4 Å². The molecule has 2 aromatic rings. The van der Waals surface area contributed by atoms with Crippen molar-refractivity contribution in [2.45, 2.75) is 58.5 Å². The van der Waals surface area contributed by atoms with Crippen molar-refractivity contribution < 1.29 is 9.47 Å². The van der Waals surface area contributed by atoms with E-state index in [-0.39, 0.29) is 0 Å². The van der Waals surface area contributed by atoms with E-state index >= 15 is 0 Å². The Balaban J connectivity index is 1.20. The molecule has 1 aliphatic heterocycles. The van der Waals surface area contributed by atoms with Crippen LogP contribution < -0.4 is 9.47 Å². The summed E-state index contributed by atoms with van der Waals surface area (Å²) < 4.78 is 11.7. The predicted octanol–water partition coefficient (Wildman–Crippen LogP) is 6.33. The van der Waals surface area contributed by atoms with Crippen LogP contribution in [0.1, 0.15) is 57.4 Å². The Labute approximate surface area is 177 Å². The highest BCUT2D eigenvalue weighted by molar-refractivity contribution is 5.31. The van der Waals surface area contributed by atoms with E-state index in [2.05, 4.69) is 24.0 Å². The minimum atomic E-state index is 0.595.